The van der Waals surface area contributed by atoms with E-state index in [1.807, 2.05) is 20.8 Å². The van der Waals surface area contributed by atoms with Crippen molar-refractivity contribution in [1.82, 2.24) is 10.2 Å². The molecule has 0 aliphatic rings. The van der Waals surface area contributed by atoms with Crippen LogP contribution in [0.4, 0.5) is 5.69 Å². The van der Waals surface area contributed by atoms with Crippen LogP contribution in [0.2, 0.25) is 5.02 Å². The molecule has 186 valence electrons. The molecule has 34 heavy (non-hydrogen) atoms. The van der Waals surface area contributed by atoms with Crippen molar-refractivity contribution in [3.8, 4) is 5.75 Å². The highest BCUT2D eigenvalue weighted by atomic mass is 35.5. The summed E-state index contributed by atoms with van der Waals surface area (Å²) in [4.78, 5) is 27.9. The predicted molar refractivity (Wildman–Crippen MR) is 135 cm³/mol. The van der Waals surface area contributed by atoms with Gasteiger partial charge in [0.05, 0.1) is 19.1 Å². The van der Waals surface area contributed by atoms with Crippen molar-refractivity contribution in [3.05, 3.63) is 59.1 Å². The van der Waals surface area contributed by atoms with Gasteiger partial charge in [0.1, 0.15) is 18.3 Å². The molecule has 0 bridgehead atoms. The van der Waals surface area contributed by atoms with Crippen molar-refractivity contribution in [1.29, 1.82) is 0 Å². The lowest BCUT2D eigenvalue weighted by molar-refractivity contribution is -0.140. The zero-order chi connectivity index (χ0) is 25.5. The van der Waals surface area contributed by atoms with Crippen LogP contribution >= 0.6 is 11.6 Å². The molecular formula is C24H32ClN3O5S. The molecule has 2 amide bonds. The molecule has 0 aromatic heterocycles. The molecule has 8 nitrogen and oxygen atoms in total. The van der Waals surface area contributed by atoms with Crippen LogP contribution in [0.3, 0.4) is 0 Å². The van der Waals surface area contributed by atoms with Crippen molar-refractivity contribution in [2.24, 2.45) is 0 Å². The molecule has 0 heterocycles. The third-order valence-corrected chi connectivity index (χ3v) is 6.52. The van der Waals surface area contributed by atoms with E-state index in [1.165, 1.54) is 12.0 Å². The first kappa shape index (κ1) is 27.5. The minimum Gasteiger partial charge on any atom is -0.497 e. The van der Waals surface area contributed by atoms with Gasteiger partial charge < -0.3 is 15.0 Å². The Morgan fingerprint density at radius 2 is 1.65 bits per heavy atom. The number of hydrogen-bond acceptors (Lipinski definition) is 5. The molecule has 0 fully saturated rings. The Morgan fingerprint density at radius 3 is 2.12 bits per heavy atom. The summed E-state index contributed by atoms with van der Waals surface area (Å²) in [6, 6.07) is 12.4. The van der Waals surface area contributed by atoms with E-state index in [2.05, 4.69) is 5.32 Å². The average Bonchev–Trinajstić information content (AvgIpc) is 2.77. The Labute approximate surface area is 206 Å². The molecule has 1 N–H and O–H groups in total. The Balaban J connectivity index is 2.42. The van der Waals surface area contributed by atoms with Crippen LogP contribution in [0.25, 0.3) is 0 Å². The summed E-state index contributed by atoms with van der Waals surface area (Å²) in [6.07, 6.45) is 1.40. The standard InChI is InChI=1S/C24H32ClN3O5S/c1-6-22(24(30)26-17(2)3)27(15-18-7-9-19(25)10-8-18)23(29)16-28(34(5,31)32)20-11-13-21(33-4)14-12-20/h7-14,17,22H,6,15-16H2,1-5H3,(H,26,30)/t22-/m0/s1. The number of halogens is 1. The highest BCUT2D eigenvalue weighted by Gasteiger charge is 2.32. The summed E-state index contributed by atoms with van der Waals surface area (Å²) in [7, 11) is -2.28. The summed E-state index contributed by atoms with van der Waals surface area (Å²) in [5.74, 6) is -0.235. The van der Waals surface area contributed by atoms with E-state index in [4.69, 9.17) is 16.3 Å². The summed E-state index contributed by atoms with van der Waals surface area (Å²) >= 11 is 5.99. The highest BCUT2D eigenvalue weighted by Crippen LogP contribution is 2.23. The quantitative estimate of drug-likeness (QED) is 0.500. The summed E-state index contributed by atoms with van der Waals surface area (Å²) in [6.45, 7) is 5.16. The molecule has 0 spiro atoms. The van der Waals surface area contributed by atoms with Gasteiger partial charge >= 0.3 is 0 Å². The third-order valence-electron chi connectivity index (χ3n) is 5.12. The first-order valence-corrected chi connectivity index (χ1v) is 13.1. The van der Waals surface area contributed by atoms with Crippen LogP contribution < -0.4 is 14.4 Å². The monoisotopic (exact) mass is 509 g/mol. The number of carbonyl (C=O) groups excluding carboxylic acids is 2. The maximum Gasteiger partial charge on any atom is 0.244 e. The molecule has 0 unspecified atom stereocenters. The molecule has 0 saturated carbocycles. The number of carbonyl (C=O) groups is 2. The predicted octanol–water partition coefficient (Wildman–Crippen LogP) is 3.45. The van der Waals surface area contributed by atoms with Crippen molar-refractivity contribution < 1.29 is 22.7 Å². The Hall–Kier alpha value is -2.78. The van der Waals surface area contributed by atoms with Crippen molar-refractivity contribution >= 4 is 39.1 Å². The zero-order valence-corrected chi connectivity index (χ0v) is 21.7. The fraction of sp³-hybridized carbons (Fsp3) is 0.417. The van der Waals surface area contributed by atoms with Crippen molar-refractivity contribution in [2.75, 3.05) is 24.2 Å². The van der Waals surface area contributed by atoms with Crippen LogP contribution in [0.15, 0.2) is 48.5 Å². The van der Waals surface area contributed by atoms with Crippen LogP contribution in [0.5, 0.6) is 5.75 Å². The van der Waals surface area contributed by atoms with E-state index in [0.29, 0.717) is 22.9 Å². The smallest absolute Gasteiger partial charge is 0.244 e. The van der Waals surface area contributed by atoms with Gasteiger partial charge in [0.25, 0.3) is 0 Å². The van der Waals surface area contributed by atoms with Gasteiger partial charge in [-0.15, -0.1) is 0 Å². The molecule has 0 aliphatic heterocycles. The second kappa shape index (κ2) is 12.1. The zero-order valence-electron chi connectivity index (χ0n) is 20.1. The Morgan fingerprint density at radius 1 is 1.06 bits per heavy atom. The summed E-state index contributed by atoms with van der Waals surface area (Å²) in [5, 5.41) is 3.40. The summed E-state index contributed by atoms with van der Waals surface area (Å²) < 4.78 is 31.3. The minimum atomic E-state index is -3.79. The lowest BCUT2D eigenvalue weighted by Gasteiger charge is -2.33. The largest absolute Gasteiger partial charge is 0.497 e. The van der Waals surface area contributed by atoms with Crippen LogP contribution in [0.1, 0.15) is 32.8 Å². The number of nitrogens with one attached hydrogen (secondary N) is 1. The lowest BCUT2D eigenvalue weighted by atomic mass is 10.1. The Bertz CT molecular complexity index is 1070. The van der Waals surface area contributed by atoms with Crippen molar-refractivity contribution in [3.63, 3.8) is 0 Å². The minimum absolute atomic E-state index is 0.110. The second-order valence-corrected chi connectivity index (χ2v) is 10.5. The van der Waals surface area contributed by atoms with E-state index < -0.39 is 28.5 Å². The van der Waals surface area contributed by atoms with E-state index >= 15 is 0 Å². The number of sulfonamides is 1. The fourth-order valence-electron chi connectivity index (χ4n) is 3.45. The molecule has 2 rings (SSSR count). The van der Waals surface area contributed by atoms with Crippen LogP contribution in [-0.2, 0) is 26.2 Å². The van der Waals surface area contributed by atoms with Crippen LogP contribution in [0, 0.1) is 0 Å². The van der Waals surface area contributed by atoms with Gasteiger partial charge in [0, 0.05) is 17.6 Å². The second-order valence-electron chi connectivity index (χ2n) is 8.20. The average molecular weight is 510 g/mol. The van der Waals surface area contributed by atoms with E-state index in [9.17, 15) is 18.0 Å². The third kappa shape index (κ3) is 7.63. The van der Waals surface area contributed by atoms with E-state index in [1.54, 1.807) is 48.5 Å². The van der Waals surface area contributed by atoms with Gasteiger partial charge in [-0.25, -0.2) is 8.42 Å². The number of benzene rings is 2. The van der Waals surface area contributed by atoms with Gasteiger partial charge in [-0.1, -0.05) is 30.7 Å². The first-order chi connectivity index (χ1) is 16.0. The number of ether oxygens (including phenoxy) is 1. The molecule has 0 aliphatic carbocycles. The van der Waals surface area contributed by atoms with Gasteiger partial charge in [-0.2, -0.15) is 0 Å². The topological polar surface area (TPSA) is 96.0 Å². The normalized spacial score (nSPS) is 12.2. The first-order valence-electron chi connectivity index (χ1n) is 10.9. The Kier molecular flexibility index (Phi) is 9.76. The highest BCUT2D eigenvalue weighted by molar-refractivity contribution is 7.92. The molecule has 0 radical (unpaired) electrons. The fourth-order valence-corrected chi connectivity index (χ4v) is 4.42. The van der Waals surface area contributed by atoms with Gasteiger partial charge in [-0.3, -0.25) is 13.9 Å². The molecule has 2 aromatic carbocycles. The van der Waals surface area contributed by atoms with Gasteiger partial charge in [0.15, 0.2) is 0 Å². The number of rotatable bonds is 11. The molecule has 0 saturated heterocycles. The maximum absolute atomic E-state index is 13.5. The molecule has 2 aromatic rings. The van der Waals surface area contributed by atoms with Crippen LogP contribution in [-0.4, -0.2) is 57.1 Å². The SMILES string of the molecule is CC[C@@H](C(=O)NC(C)C)N(Cc1ccc(Cl)cc1)C(=O)CN(c1ccc(OC)cc1)S(C)(=O)=O. The van der Waals surface area contributed by atoms with Gasteiger partial charge in [-0.05, 0) is 62.2 Å². The lowest BCUT2D eigenvalue weighted by Crippen LogP contribution is -2.53. The molecule has 10 heteroatoms. The summed E-state index contributed by atoms with van der Waals surface area (Å²) in [5.41, 5.74) is 1.09. The number of anilines is 1. The van der Waals surface area contributed by atoms with Crippen molar-refractivity contribution in [2.45, 2.75) is 45.8 Å². The molecular weight excluding hydrogens is 478 g/mol. The van der Waals surface area contributed by atoms with E-state index in [0.717, 1.165) is 16.1 Å². The van der Waals surface area contributed by atoms with E-state index in [-0.39, 0.29) is 18.5 Å². The maximum atomic E-state index is 13.5. The number of amides is 2. The number of nitrogens with zero attached hydrogens (tertiary/aromatic N) is 2. The van der Waals surface area contributed by atoms with Gasteiger partial charge in [0.2, 0.25) is 21.8 Å². The number of methoxy groups -OCH3 is 1. The molecule has 1 atom stereocenters. The number of hydrogen-bond donors (Lipinski definition) is 1.